The highest BCUT2D eigenvalue weighted by Crippen LogP contribution is 2.13. The number of aromatic nitrogens is 4. The van der Waals surface area contributed by atoms with E-state index in [0.717, 1.165) is 35.2 Å². The van der Waals surface area contributed by atoms with Gasteiger partial charge in [0.2, 0.25) is 12.7 Å². The Bertz CT molecular complexity index is 921. The Morgan fingerprint density at radius 1 is 0.667 bits per heavy atom. The van der Waals surface area contributed by atoms with Gasteiger partial charge < -0.3 is 10.2 Å². The molecule has 2 N–H and O–H groups in total. The van der Waals surface area contributed by atoms with Crippen LogP contribution in [0, 0.1) is 0 Å². The summed E-state index contributed by atoms with van der Waals surface area (Å²) in [7, 11) is 0. The number of para-hydroxylation sites is 4. The van der Waals surface area contributed by atoms with Gasteiger partial charge in [0, 0.05) is 0 Å². The largest absolute Gasteiger partial charge is 0.357 e. The first kappa shape index (κ1) is 14.9. The van der Waals surface area contributed by atoms with Crippen molar-refractivity contribution in [1.29, 1.82) is 0 Å². The number of imidazole rings is 2. The van der Waals surface area contributed by atoms with Gasteiger partial charge in [0.1, 0.15) is 13.1 Å². The van der Waals surface area contributed by atoms with Gasteiger partial charge in [-0.1, -0.05) is 24.3 Å². The van der Waals surface area contributed by atoms with Gasteiger partial charge >= 0.3 is 0 Å². The summed E-state index contributed by atoms with van der Waals surface area (Å²) in [6, 6.07) is 16.1. The van der Waals surface area contributed by atoms with E-state index in [1.54, 1.807) is 0 Å². The predicted molar refractivity (Wildman–Crippen MR) is 88.7 cm³/mol. The van der Waals surface area contributed by atoms with Crippen molar-refractivity contribution in [2.45, 2.75) is 26.6 Å². The molecule has 2 aromatic heterocycles. The number of hydrogen-bond donors (Lipinski definition) is 2. The maximum absolute atomic E-state index is 9.52. The van der Waals surface area contributed by atoms with E-state index in [1.807, 2.05) is 58.2 Å². The zero-order valence-electron chi connectivity index (χ0n) is 13.3. The Labute approximate surface area is 139 Å². The fourth-order valence-corrected chi connectivity index (χ4v) is 3.28. The van der Waals surface area contributed by atoms with Crippen molar-refractivity contribution in [1.82, 2.24) is 9.13 Å². The van der Waals surface area contributed by atoms with E-state index < -0.39 is 0 Å². The second-order valence-corrected chi connectivity index (χ2v) is 5.82. The molecule has 0 aliphatic heterocycles. The smallest absolute Gasteiger partial charge is 0.246 e. The average Bonchev–Trinajstić information content (AvgIpc) is 3.18. The number of benzene rings is 2. The molecular weight excluding hydrogens is 304 g/mol. The van der Waals surface area contributed by atoms with E-state index in [9.17, 15) is 10.2 Å². The molecule has 122 valence electrons. The Morgan fingerprint density at radius 3 is 1.50 bits per heavy atom. The average molecular weight is 324 g/mol. The Balaban J connectivity index is 1.69. The van der Waals surface area contributed by atoms with Crippen LogP contribution in [0.25, 0.3) is 22.1 Å². The van der Waals surface area contributed by atoms with Crippen LogP contribution < -0.4 is 9.13 Å². The zero-order valence-corrected chi connectivity index (χ0v) is 13.3. The van der Waals surface area contributed by atoms with Gasteiger partial charge in [0.25, 0.3) is 0 Å². The molecule has 4 aromatic rings. The molecule has 0 unspecified atom stereocenters. The lowest BCUT2D eigenvalue weighted by molar-refractivity contribution is -0.707. The summed E-state index contributed by atoms with van der Waals surface area (Å²) in [6.07, 6.45) is 3.88. The minimum Gasteiger partial charge on any atom is -0.357 e. The van der Waals surface area contributed by atoms with Gasteiger partial charge in [-0.2, -0.15) is 0 Å². The van der Waals surface area contributed by atoms with Crippen LogP contribution in [0.1, 0.15) is 0 Å². The fraction of sp³-hybridized carbons (Fsp3) is 0.222. The maximum atomic E-state index is 9.52. The Kier molecular flexibility index (Phi) is 3.76. The number of aryl methyl sites for hydroxylation is 2. The summed E-state index contributed by atoms with van der Waals surface area (Å²) in [6.45, 7) is 1.48. The summed E-state index contributed by atoms with van der Waals surface area (Å²) in [4.78, 5) is 0. The molecule has 4 rings (SSSR count). The Hall–Kier alpha value is -2.70. The highest BCUT2D eigenvalue weighted by atomic mass is 16.3. The van der Waals surface area contributed by atoms with E-state index in [-0.39, 0.29) is 13.5 Å². The van der Waals surface area contributed by atoms with E-state index in [1.165, 1.54) is 0 Å². The van der Waals surface area contributed by atoms with Crippen molar-refractivity contribution >= 4 is 22.1 Å². The van der Waals surface area contributed by atoms with Gasteiger partial charge in [-0.3, -0.25) is 0 Å². The number of nitrogens with zero attached hydrogens (tertiary/aromatic N) is 4. The van der Waals surface area contributed by atoms with Crippen molar-refractivity contribution in [2.24, 2.45) is 0 Å². The monoisotopic (exact) mass is 324 g/mol. The molecule has 0 aliphatic carbocycles. The van der Waals surface area contributed by atoms with Crippen LogP contribution in [0.2, 0.25) is 0 Å². The van der Waals surface area contributed by atoms with Crippen LogP contribution in [-0.4, -0.2) is 19.3 Å². The normalized spacial score (nSPS) is 11.6. The van der Waals surface area contributed by atoms with E-state index in [0.29, 0.717) is 0 Å². The molecule has 2 aromatic carbocycles. The molecule has 6 heteroatoms. The van der Waals surface area contributed by atoms with Crippen LogP contribution in [0.5, 0.6) is 0 Å². The van der Waals surface area contributed by atoms with Crippen molar-refractivity contribution in [2.75, 3.05) is 0 Å². The van der Waals surface area contributed by atoms with Crippen LogP contribution in [-0.2, 0) is 26.6 Å². The van der Waals surface area contributed by atoms with Gasteiger partial charge in [-0.25, -0.2) is 18.3 Å². The van der Waals surface area contributed by atoms with Crippen LogP contribution in [0.3, 0.4) is 0 Å². The van der Waals surface area contributed by atoms with Crippen LogP contribution in [0.15, 0.2) is 61.2 Å². The summed E-state index contributed by atoms with van der Waals surface area (Å²) in [5.74, 6) is 0. The molecule has 24 heavy (non-hydrogen) atoms. The van der Waals surface area contributed by atoms with Gasteiger partial charge in [-0.15, -0.1) is 0 Å². The summed E-state index contributed by atoms with van der Waals surface area (Å²) >= 11 is 0. The van der Waals surface area contributed by atoms with Gasteiger partial charge in [-0.05, 0) is 24.3 Å². The molecule has 0 spiro atoms. The van der Waals surface area contributed by atoms with Crippen molar-refractivity contribution < 1.29 is 19.3 Å². The predicted octanol–water partition coefficient (Wildman–Crippen LogP) is 0.771. The molecule has 0 aliphatic rings. The number of aliphatic hydroxyl groups is 2. The molecule has 0 fully saturated rings. The quantitative estimate of drug-likeness (QED) is 0.533. The third-order valence-corrected chi connectivity index (χ3v) is 4.45. The van der Waals surface area contributed by atoms with Gasteiger partial charge in [0.15, 0.2) is 35.5 Å². The van der Waals surface area contributed by atoms with Gasteiger partial charge in [0.05, 0.1) is 0 Å². The molecule has 6 nitrogen and oxygen atoms in total. The minimum atomic E-state index is -0.0372. The number of fused-ring (bicyclic) bond motifs is 2. The second-order valence-electron chi connectivity index (χ2n) is 5.82. The zero-order chi connectivity index (χ0) is 16.5. The van der Waals surface area contributed by atoms with E-state index in [2.05, 4.69) is 21.3 Å². The van der Waals surface area contributed by atoms with E-state index >= 15 is 0 Å². The summed E-state index contributed by atoms with van der Waals surface area (Å²) in [5, 5.41) is 19.0. The number of hydrogen-bond acceptors (Lipinski definition) is 2. The lowest BCUT2D eigenvalue weighted by atomic mass is 10.3. The molecule has 0 radical (unpaired) electrons. The molecular formula is C18H20N4O2+2. The molecule has 0 saturated heterocycles. The number of aliphatic hydroxyl groups excluding tert-OH is 2. The number of rotatable bonds is 5. The van der Waals surface area contributed by atoms with Crippen LogP contribution in [0.4, 0.5) is 0 Å². The highest BCUT2D eigenvalue weighted by Gasteiger charge is 2.18. The SMILES string of the molecule is OC[n+]1cn(CCn2c[n+](CO)c3ccccc32)c2ccccc21. The Morgan fingerprint density at radius 2 is 1.08 bits per heavy atom. The first-order valence-corrected chi connectivity index (χ1v) is 7.98. The summed E-state index contributed by atoms with van der Waals surface area (Å²) < 4.78 is 7.95. The summed E-state index contributed by atoms with van der Waals surface area (Å²) in [5.41, 5.74) is 4.22. The van der Waals surface area contributed by atoms with E-state index in [4.69, 9.17) is 0 Å². The molecule has 2 heterocycles. The fourth-order valence-electron chi connectivity index (χ4n) is 3.28. The standard InChI is InChI=1S/C18H20N4O2/c23-13-21-11-19(15-5-1-3-7-17(15)21)9-10-20-12-22(14-24)18-8-4-2-6-16(18)20/h1-8,11-12,23-24H,9-10,13-14H2/q+2. The lowest BCUT2D eigenvalue weighted by Gasteiger charge is -1.97. The molecule has 0 amide bonds. The first-order valence-electron chi connectivity index (χ1n) is 7.98. The highest BCUT2D eigenvalue weighted by molar-refractivity contribution is 5.72. The first-order chi connectivity index (χ1) is 11.8. The maximum Gasteiger partial charge on any atom is 0.246 e. The van der Waals surface area contributed by atoms with Crippen molar-refractivity contribution in [3.05, 3.63) is 61.2 Å². The molecule has 0 atom stereocenters. The molecule has 0 bridgehead atoms. The van der Waals surface area contributed by atoms with Crippen molar-refractivity contribution in [3.63, 3.8) is 0 Å². The third-order valence-electron chi connectivity index (χ3n) is 4.45. The van der Waals surface area contributed by atoms with Crippen molar-refractivity contribution in [3.8, 4) is 0 Å². The molecule has 0 saturated carbocycles. The topological polar surface area (TPSA) is 58.1 Å². The van der Waals surface area contributed by atoms with Crippen LogP contribution >= 0.6 is 0 Å². The second kappa shape index (κ2) is 6.07. The lowest BCUT2D eigenvalue weighted by Crippen LogP contribution is -2.32. The minimum absolute atomic E-state index is 0.0372. The third kappa shape index (κ3) is 2.36.